The summed E-state index contributed by atoms with van der Waals surface area (Å²) in [4.78, 5) is 1.77. The average molecular weight is 330 g/mol. The molecule has 0 aliphatic heterocycles. The van der Waals surface area contributed by atoms with Crippen molar-refractivity contribution in [2.45, 2.75) is 74.3 Å². The van der Waals surface area contributed by atoms with Crippen molar-refractivity contribution in [1.29, 1.82) is 0 Å². The first-order valence-corrected chi connectivity index (χ1v) is 9.07. The lowest BCUT2D eigenvalue weighted by atomic mass is 9.74. The molecule has 0 saturated heterocycles. The van der Waals surface area contributed by atoms with Gasteiger partial charge < -0.3 is 0 Å². The topological polar surface area (TPSA) is 30.7 Å². The van der Waals surface area contributed by atoms with Gasteiger partial charge >= 0.3 is 0 Å². The normalized spacial score (nSPS) is 14.2. The van der Waals surface area contributed by atoms with Gasteiger partial charge in [0.25, 0.3) is 0 Å². The third-order valence-corrected chi connectivity index (χ3v) is 4.38. The first-order chi connectivity index (χ1) is 11.2. The molecule has 0 amide bonds. The lowest BCUT2D eigenvalue weighted by molar-refractivity contribution is 0.284. The molecular weight excluding hydrogens is 294 g/mol. The highest BCUT2D eigenvalue weighted by atomic mass is 15.5. The van der Waals surface area contributed by atoms with Crippen LogP contribution in [0.25, 0.3) is 6.08 Å². The standard InChI is InChI=1S/C21H35N3/c1-8-10-11-12-19-17-22-24(23-19)16-13-18(9-2)21(6,7)15-14-20(3,4)5/h8,10-13,17H,9,14-16H2,1-7H3/b10-8-,12-11-,18-13+. The largest absolute Gasteiger partial charge is 0.180 e. The van der Waals surface area contributed by atoms with Gasteiger partial charge in [0.15, 0.2) is 0 Å². The highest BCUT2D eigenvalue weighted by Crippen LogP contribution is 2.37. The van der Waals surface area contributed by atoms with E-state index in [-0.39, 0.29) is 5.41 Å². The molecule has 0 bridgehead atoms. The molecule has 0 aliphatic carbocycles. The van der Waals surface area contributed by atoms with E-state index in [1.54, 1.807) is 4.80 Å². The van der Waals surface area contributed by atoms with Crippen LogP contribution in [-0.4, -0.2) is 15.0 Å². The monoisotopic (exact) mass is 329 g/mol. The van der Waals surface area contributed by atoms with Crippen molar-refractivity contribution in [1.82, 2.24) is 15.0 Å². The second kappa shape index (κ2) is 9.00. The van der Waals surface area contributed by atoms with Crippen LogP contribution in [-0.2, 0) is 6.54 Å². The summed E-state index contributed by atoms with van der Waals surface area (Å²) in [5.74, 6) is 0. The molecule has 0 aromatic carbocycles. The van der Waals surface area contributed by atoms with Crippen LogP contribution < -0.4 is 0 Å². The highest BCUT2D eigenvalue weighted by molar-refractivity contribution is 5.44. The van der Waals surface area contributed by atoms with Gasteiger partial charge in [0.05, 0.1) is 12.7 Å². The summed E-state index contributed by atoms with van der Waals surface area (Å²) in [5.41, 5.74) is 3.00. The van der Waals surface area contributed by atoms with E-state index in [1.807, 2.05) is 37.4 Å². The van der Waals surface area contributed by atoms with Crippen LogP contribution in [0.2, 0.25) is 0 Å². The quantitative estimate of drug-likeness (QED) is 0.429. The van der Waals surface area contributed by atoms with Crippen molar-refractivity contribution in [3.05, 3.63) is 41.8 Å². The van der Waals surface area contributed by atoms with Crippen molar-refractivity contribution < 1.29 is 0 Å². The summed E-state index contributed by atoms with van der Waals surface area (Å²) < 4.78 is 0. The minimum atomic E-state index is 0.226. The van der Waals surface area contributed by atoms with Crippen molar-refractivity contribution >= 4 is 6.08 Å². The SMILES string of the molecule is C/C=C\C=C/c1cnn(C/C=C(\CC)C(C)(C)CCC(C)(C)C)n1. The second-order valence-electron chi connectivity index (χ2n) is 8.24. The van der Waals surface area contributed by atoms with Crippen molar-refractivity contribution in [2.75, 3.05) is 0 Å². The Morgan fingerprint density at radius 3 is 2.42 bits per heavy atom. The minimum Gasteiger partial charge on any atom is -0.180 e. The fourth-order valence-corrected chi connectivity index (χ4v) is 2.68. The van der Waals surface area contributed by atoms with Gasteiger partial charge in [0.2, 0.25) is 0 Å². The average Bonchev–Trinajstić information content (AvgIpc) is 2.93. The third kappa shape index (κ3) is 7.29. The fourth-order valence-electron chi connectivity index (χ4n) is 2.68. The number of rotatable bonds is 8. The van der Waals surface area contributed by atoms with E-state index in [0.29, 0.717) is 5.41 Å². The van der Waals surface area contributed by atoms with Crippen LogP contribution >= 0.6 is 0 Å². The molecule has 0 spiro atoms. The van der Waals surface area contributed by atoms with E-state index in [4.69, 9.17) is 0 Å². The lowest BCUT2D eigenvalue weighted by Gasteiger charge is -2.31. The summed E-state index contributed by atoms with van der Waals surface area (Å²) in [6.45, 7) is 16.6. The predicted molar refractivity (Wildman–Crippen MR) is 105 cm³/mol. The van der Waals surface area contributed by atoms with Gasteiger partial charge in [0.1, 0.15) is 5.69 Å². The summed E-state index contributed by atoms with van der Waals surface area (Å²) in [6, 6.07) is 0. The van der Waals surface area contributed by atoms with Gasteiger partial charge in [-0.25, -0.2) is 0 Å². The molecule has 0 unspecified atom stereocenters. The molecule has 0 radical (unpaired) electrons. The molecule has 3 heteroatoms. The lowest BCUT2D eigenvalue weighted by Crippen LogP contribution is -2.19. The Kier molecular flexibility index (Phi) is 7.65. The van der Waals surface area contributed by atoms with Gasteiger partial charge in [-0.1, -0.05) is 71.4 Å². The van der Waals surface area contributed by atoms with Gasteiger partial charge in [-0.05, 0) is 43.1 Å². The van der Waals surface area contributed by atoms with E-state index in [1.165, 1.54) is 18.4 Å². The van der Waals surface area contributed by atoms with Crippen LogP contribution in [0.15, 0.2) is 36.1 Å². The Hall–Kier alpha value is -1.64. The Morgan fingerprint density at radius 1 is 1.12 bits per heavy atom. The molecule has 1 rings (SSSR count). The Labute approximate surface area is 148 Å². The number of nitrogens with zero attached hydrogens (tertiary/aromatic N) is 3. The summed E-state index contributed by atoms with van der Waals surface area (Å²) >= 11 is 0. The molecule has 24 heavy (non-hydrogen) atoms. The van der Waals surface area contributed by atoms with Gasteiger partial charge in [-0.2, -0.15) is 15.0 Å². The van der Waals surface area contributed by atoms with Crippen molar-refractivity contribution in [3.63, 3.8) is 0 Å². The van der Waals surface area contributed by atoms with Crippen LogP contribution in [0.5, 0.6) is 0 Å². The maximum absolute atomic E-state index is 4.50. The first-order valence-electron chi connectivity index (χ1n) is 9.07. The smallest absolute Gasteiger partial charge is 0.105 e. The van der Waals surface area contributed by atoms with Crippen LogP contribution in [0.1, 0.15) is 73.4 Å². The number of hydrogen-bond donors (Lipinski definition) is 0. The van der Waals surface area contributed by atoms with Crippen LogP contribution in [0.3, 0.4) is 0 Å². The molecule has 134 valence electrons. The number of allylic oxidation sites excluding steroid dienone is 5. The highest BCUT2D eigenvalue weighted by Gasteiger charge is 2.24. The molecule has 1 aromatic heterocycles. The van der Waals surface area contributed by atoms with E-state index < -0.39 is 0 Å². The maximum Gasteiger partial charge on any atom is 0.105 e. The van der Waals surface area contributed by atoms with E-state index in [2.05, 4.69) is 57.8 Å². The maximum atomic E-state index is 4.50. The Morgan fingerprint density at radius 2 is 1.83 bits per heavy atom. The van der Waals surface area contributed by atoms with E-state index in [9.17, 15) is 0 Å². The Bertz CT molecular complexity index is 580. The molecule has 0 fully saturated rings. The fraction of sp³-hybridized carbons (Fsp3) is 0.619. The van der Waals surface area contributed by atoms with E-state index in [0.717, 1.165) is 18.7 Å². The summed E-state index contributed by atoms with van der Waals surface area (Å²) in [5, 5.41) is 8.85. The molecule has 0 N–H and O–H groups in total. The zero-order valence-corrected chi connectivity index (χ0v) is 16.6. The number of hydrogen-bond acceptors (Lipinski definition) is 2. The summed E-state index contributed by atoms with van der Waals surface area (Å²) in [7, 11) is 0. The number of aromatic nitrogens is 3. The zero-order chi connectivity index (χ0) is 18.2. The molecule has 3 nitrogen and oxygen atoms in total. The first kappa shape index (κ1) is 20.4. The molecule has 1 heterocycles. The van der Waals surface area contributed by atoms with Crippen LogP contribution in [0, 0.1) is 10.8 Å². The van der Waals surface area contributed by atoms with Crippen LogP contribution in [0.4, 0.5) is 0 Å². The van der Waals surface area contributed by atoms with Gasteiger partial charge in [-0.15, -0.1) is 0 Å². The molecule has 1 aromatic rings. The molecule has 0 saturated carbocycles. The third-order valence-electron chi connectivity index (χ3n) is 4.38. The predicted octanol–water partition coefficient (Wildman–Crippen LogP) is 6.06. The zero-order valence-electron chi connectivity index (χ0n) is 16.6. The van der Waals surface area contributed by atoms with Gasteiger partial charge in [0, 0.05) is 0 Å². The Balaban J connectivity index is 2.74. The van der Waals surface area contributed by atoms with Gasteiger partial charge in [-0.3, -0.25) is 0 Å². The van der Waals surface area contributed by atoms with Crippen molar-refractivity contribution in [2.24, 2.45) is 10.8 Å². The van der Waals surface area contributed by atoms with Crippen molar-refractivity contribution in [3.8, 4) is 0 Å². The van der Waals surface area contributed by atoms with E-state index >= 15 is 0 Å². The minimum absolute atomic E-state index is 0.226. The molecule has 0 aliphatic rings. The summed E-state index contributed by atoms with van der Waals surface area (Å²) in [6.07, 6.45) is 15.6. The molecule has 0 atom stereocenters. The molecular formula is C21H35N3. The second-order valence-corrected chi connectivity index (χ2v) is 8.24.